The highest BCUT2D eigenvalue weighted by Crippen LogP contribution is 2.55. The maximum atomic E-state index is 13.5. The monoisotopic (exact) mass is 630 g/mol. The van der Waals surface area contributed by atoms with E-state index in [1.807, 2.05) is 0 Å². The van der Waals surface area contributed by atoms with Gasteiger partial charge in [-0.15, -0.1) is 0 Å². The number of hydrogen-bond donors (Lipinski definition) is 3. The van der Waals surface area contributed by atoms with Gasteiger partial charge in [0.1, 0.15) is 0 Å². The highest BCUT2D eigenvalue weighted by molar-refractivity contribution is 5.88. The number of piperidine rings is 4. The summed E-state index contributed by atoms with van der Waals surface area (Å²) in [5.41, 5.74) is 12.1. The molecule has 0 radical (unpaired) electrons. The van der Waals surface area contributed by atoms with Gasteiger partial charge in [0, 0.05) is 83.9 Å². The fourth-order valence-electron chi connectivity index (χ4n) is 10.9. The Kier molecular flexibility index (Phi) is 6.86. The number of allylic oxidation sites excluding steroid dienone is 2. The van der Waals surface area contributed by atoms with Gasteiger partial charge in [-0.2, -0.15) is 0 Å². The summed E-state index contributed by atoms with van der Waals surface area (Å²) in [6, 6.07) is 16.6. The zero-order chi connectivity index (χ0) is 32.1. The van der Waals surface area contributed by atoms with Crippen LogP contribution >= 0.6 is 0 Å². The first-order chi connectivity index (χ1) is 22.9. The number of fused-ring (bicyclic) bond motifs is 9. The van der Waals surface area contributed by atoms with Crippen molar-refractivity contribution in [2.75, 3.05) is 26.8 Å². The van der Waals surface area contributed by atoms with Gasteiger partial charge in [0.05, 0.1) is 19.1 Å². The van der Waals surface area contributed by atoms with Crippen molar-refractivity contribution >= 4 is 27.8 Å². The maximum Gasteiger partial charge on any atom is 0.310 e. The molecule has 6 aliphatic rings. The molecule has 4 aromatic rings. The minimum Gasteiger partial charge on any atom is -0.469 e. The van der Waals surface area contributed by atoms with Crippen molar-refractivity contribution in [3.05, 3.63) is 93.8 Å². The molecule has 2 aromatic heterocycles. The van der Waals surface area contributed by atoms with Crippen LogP contribution in [0.2, 0.25) is 0 Å². The standard InChI is InChI=1S/C40H46N4O3/c1-5-21-18-41-33-15-29-24-9-7-8-10-32(24)42-38(29)27(14-26(21)37(33)40(46)47-4)23-11-12-34-28(13-23)30-17-35-31(20-45)25-16-36(39(30)43(34)3)44(35)19-22(25)6-2/h5-13,25-27,31,33,35-37,41-42,45H,14-20H2,1-4H3. The minimum absolute atomic E-state index is 0.0194. The zero-order valence-corrected chi connectivity index (χ0v) is 27.9. The van der Waals surface area contributed by atoms with E-state index in [2.05, 4.69) is 95.3 Å². The number of ether oxygens (including phenoxy) is 1. The molecule has 4 fully saturated rings. The van der Waals surface area contributed by atoms with Crippen molar-refractivity contribution < 1.29 is 14.6 Å². The smallest absolute Gasteiger partial charge is 0.310 e. The van der Waals surface area contributed by atoms with Crippen molar-refractivity contribution in [1.29, 1.82) is 0 Å². The first-order valence-corrected chi connectivity index (χ1v) is 17.6. The van der Waals surface area contributed by atoms with E-state index in [1.54, 1.807) is 0 Å². The Morgan fingerprint density at radius 3 is 2.64 bits per heavy atom. The van der Waals surface area contributed by atoms with E-state index >= 15 is 0 Å². The van der Waals surface area contributed by atoms with Crippen LogP contribution in [0, 0.1) is 23.7 Å². The van der Waals surface area contributed by atoms with Crippen molar-refractivity contribution in [3.63, 3.8) is 0 Å². The number of nitrogens with one attached hydrogen (secondary N) is 2. The third-order valence-corrected chi connectivity index (χ3v) is 13.1. The number of aliphatic hydroxyl groups is 1. The minimum atomic E-state index is -0.237. The number of carbonyl (C=O) groups excluding carboxylic acids is 1. The lowest BCUT2D eigenvalue weighted by Gasteiger charge is -2.58. The third kappa shape index (κ3) is 4.12. The number of H-pyrrole nitrogens is 1. The lowest BCUT2D eigenvalue weighted by Crippen LogP contribution is -2.61. The van der Waals surface area contributed by atoms with Crippen LogP contribution < -0.4 is 5.32 Å². The number of para-hydroxylation sites is 1. The van der Waals surface area contributed by atoms with Crippen molar-refractivity contribution in [2.45, 2.75) is 63.6 Å². The lowest BCUT2D eigenvalue weighted by molar-refractivity contribution is -0.149. The van der Waals surface area contributed by atoms with Gasteiger partial charge in [-0.3, -0.25) is 9.69 Å². The topological polar surface area (TPSA) is 82.5 Å². The van der Waals surface area contributed by atoms with Crippen LogP contribution in [-0.4, -0.2) is 64.4 Å². The second-order valence-electron chi connectivity index (χ2n) is 14.8. The second kappa shape index (κ2) is 10.9. The van der Waals surface area contributed by atoms with Gasteiger partial charge in [0.15, 0.2) is 0 Å². The molecule has 244 valence electrons. The summed E-state index contributed by atoms with van der Waals surface area (Å²) in [7, 11) is 3.79. The van der Waals surface area contributed by atoms with E-state index in [0.29, 0.717) is 23.9 Å². The highest BCUT2D eigenvalue weighted by atomic mass is 16.5. The molecule has 0 saturated carbocycles. The fourth-order valence-corrected chi connectivity index (χ4v) is 10.9. The van der Waals surface area contributed by atoms with Gasteiger partial charge in [-0.25, -0.2) is 0 Å². The normalized spacial score (nSPS) is 34.4. The number of methoxy groups -OCH3 is 1. The Bertz CT molecular complexity index is 1980. The number of benzene rings is 2. The first kappa shape index (κ1) is 29.5. The van der Waals surface area contributed by atoms with E-state index in [1.165, 1.54) is 62.6 Å². The number of aromatic amines is 1. The van der Waals surface area contributed by atoms with Gasteiger partial charge in [0.2, 0.25) is 0 Å². The van der Waals surface area contributed by atoms with Crippen LogP contribution in [-0.2, 0) is 29.4 Å². The van der Waals surface area contributed by atoms with Crippen LogP contribution in [0.4, 0.5) is 0 Å². The Morgan fingerprint density at radius 1 is 1.02 bits per heavy atom. The molecular weight excluding hydrogens is 584 g/mol. The summed E-state index contributed by atoms with van der Waals surface area (Å²) < 4.78 is 7.95. The van der Waals surface area contributed by atoms with E-state index in [9.17, 15) is 9.90 Å². The summed E-state index contributed by atoms with van der Waals surface area (Å²) in [6.45, 7) is 6.34. The Balaban J connectivity index is 1.21. The van der Waals surface area contributed by atoms with Crippen LogP contribution in [0.15, 0.2) is 65.8 Å². The second-order valence-corrected chi connectivity index (χ2v) is 14.8. The molecule has 9 atom stereocenters. The Morgan fingerprint density at radius 2 is 1.85 bits per heavy atom. The summed E-state index contributed by atoms with van der Waals surface area (Å²) in [4.78, 5) is 20.1. The van der Waals surface area contributed by atoms with Crippen molar-refractivity contribution in [2.24, 2.45) is 30.7 Å². The molecule has 7 heteroatoms. The fraction of sp³-hybridized carbons (Fsp3) is 0.475. The number of aliphatic hydroxyl groups excluding tert-OH is 1. The van der Waals surface area contributed by atoms with Crippen LogP contribution in [0.1, 0.15) is 66.7 Å². The first-order valence-electron chi connectivity index (χ1n) is 17.6. The maximum absolute atomic E-state index is 13.5. The number of hydrogen-bond acceptors (Lipinski definition) is 5. The molecule has 10 rings (SSSR count). The molecule has 0 amide bonds. The molecule has 6 bridgehead atoms. The molecule has 2 aromatic carbocycles. The molecule has 4 saturated heterocycles. The van der Waals surface area contributed by atoms with Gasteiger partial charge in [-0.1, -0.05) is 47.6 Å². The average Bonchev–Trinajstić information content (AvgIpc) is 3.59. The number of nitrogens with zero attached hydrogens (tertiary/aromatic N) is 2. The molecule has 47 heavy (non-hydrogen) atoms. The molecule has 3 N–H and O–H groups in total. The van der Waals surface area contributed by atoms with Crippen LogP contribution in [0.3, 0.4) is 0 Å². The number of rotatable bonds is 3. The average molecular weight is 631 g/mol. The van der Waals surface area contributed by atoms with E-state index in [-0.39, 0.29) is 36.4 Å². The Hall–Kier alpha value is -3.65. The van der Waals surface area contributed by atoms with Gasteiger partial charge in [-0.05, 0) is 86.3 Å². The lowest BCUT2D eigenvalue weighted by atomic mass is 9.64. The largest absolute Gasteiger partial charge is 0.469 e. The molecule has 9 unspecified atom stereocenters. The van der Waals surface area contributed by atoms with Crippen LogP contribution in [0.25, 0.3) is 21.8 Å². The third-order valence-electron chi connectivity index (χ3n) is 13.1. The quantitative estimate of drug-likeness (QED) is 0.194. The number of carbonyl (C=O) groups is 1. The number of aromatic nitrogens is 2. The van der Waals surface area contributed by atoms with E-state index < -0.39 is 0 Å². The molecule has 7 heterocycles. The zero-order valence-electron chi connectivity index (χ0n) is 27.9. The molecule has 1 aliphatic carbocycles. The van der Waals surface area contributed by atoms with Crippen LogP contribution in [0.5, 0.6) is 0 Å². The Labute approximate surface area is 276 Å². The summed E-state index contributed by atoms with van der Waals surface area (Å²) in [5, 5.41) is 16.9. The molecule has 5 aliphatic heterocycles. The number of esters is 1. The summed E-state index contributed by atoms with van der Waals surface area (Å²) >= 11 is 0. The molecule has 7 nitrogen and oxygen atoms in total. The highest BCUT2D eigenvalue weighted by Gasteiger charge is 2.53. The SMILES string of the molecule is CC=C1CN2C3CC1C(CO)C2Cc1c3n(C)c2ccc(C3CC4C(=CC)CNC(Cc5c3[nH]c3ccccc53)C4C(=O)OC)cc12. The molecule has 0 spiro atoms. The van der Waals surface area contributed by atoms with Crippen molar-refractivity contribution in [1.82, 2.24) is 19.8 Å². The predicted octanol–water partition coefficient (Wildman–Crippen LogP) is 5.92. The van der Waals surface area contributed by atoms with Gasteiger partial charge >= 0.3 is 5.97 Å². The van der Waals surface area contributed by atoms with Gasteiger partial charge in [0.25, 0.3) is 0 Å². The van der Waals surface area contributed by atoms with E-state index in [0.717, 1.165) is 44.3 Å². The van der Waals surface area contributed by atoms with Gasteiger partial charge < -0.3 is 24.7 Å². The number of aryl methyl sites for hydroxylation is 1. The van der Waals surface area contributed by atoms with E-state index in [4.69, 9.17) is 4.74 Å². The molecular formula is C40H46N4O3. The summed E-state index contributed by atoms with van der Waals surface area (Å²) in [5.74, 6) is 0.612. The predicted molar refractivity (Wildman–Crippen MR) is 185 cm³/mol. The van der Waals surface area contributed by atoms with Crippen molar-refractivity contribution in [3.8, 4) is 0 Å². The summed E-state index contributed by atoms with van der Waals surface area (Å²) in [6.07, 6.45) is 8.20.